The predicted octanol–water partition coefficient (Wildman–Crippen LogP) is 2.89. The van der Waals surface area contributed by atoms with Crippen molar-refractivity contribution in [3.05, 3.63) is 11.8 Å². The molecular formula is C10H21N. The smallest absolute Gasteiger partial charge is 0.0140 e. The van der Waals surface area contributed by atoms with Crippen LogP contribution in [0.25, 0.3) is 0 Å². The minimum absolute atomic E-state index is 0.309. The summed E-state index contributed by atoms with van der Waals surface area (Å²) in [7, 11) is 2.11. The third-order valence-electron chi connectivity index (χ3n) is 2.10. The van der Waals surface area contributed by atoms with Crippen LogP contribution in [-0.2, 0) is 0 Å². The minimum atomic E-state index is 0.309. The Kier molecular flexibility index (Phi) is 3.64. The first kappa shape index (κ1) is 10.5. The fourth-order valence-corrected chi connectivity index (χ4v) is 0.616. The monoisotopic (exact) mass is 155 g/mol. The first-order valence-electron chi connectivity index (χ1n) is 4.27. The lowest BCUT2D eigenvalue weighted by molar-refractivity contribution is 0.442. The van der Waals surface area contributed by atoms with Crippen LogP contribution >= 0.6 is 0 Å². The van der Waals surface area contributed by atoms with E-state index in [2.05, 4.69) is 52.8 Å². The van der Waals surface area contributed by atoms with Gasteiger partial charge in [0, 0.05) is 13.6 Å². The van der Waals surface area contributed by atoms with Gasteiger partial charge in [-0.1, -0.05) is 26.3 Å². The molecule has 0 N–H and O–H groups in total. The summed E-state index contributed by atoms with van der Waals surface area (Å²) >= 11 is 0. The second-order valence-corrected chi connectivity index (χ2v) is 4.14. The second-order valence-electron chi connectivity index (χ2n) is 4.14. The molecule has 0 heterocycles. The molecule has 1 nitrogen and oxygen atoms in total. The van der Waals surface area contributed by atoms with Gasteiger partial charge in [-0.15, -0.1) is 0 Å². The molecule has 0 bridgehead atoms. The van der Waals surface area contributed by atoms with Crippen molar-refractivity contribution in [3.8, 4) is 0 Å². The minimum Gasteiger partial charge on any atom is -0.381 e. The first-order chi connectivity index (χ1) is 4.88. The normalized spacial score (nSPS) is 13.5. The molecule has 0 aliphatic heterocycles. The van der Waals surface area contributed by atoms with E-state index >= 15 is 0 Å². The SMILES string of the molecule is CCN(C)/C=C(\C)C(C)(C)C. The zero-order chi connectivity index (χ0) is 9.07. The van der Waals surface area contributed by atoms with Gasteiger partial charge in [0.1, 0.15) is 0 Å². The van der Waals surface area contributed by atoms with Crippen molar-refractivity contribution >= 4 is 0 Å². The largest absolute Gasteiger partial charge is 0.381 e. The van der Waals surface area contributed by atoms with Gasteiger partial charge in [0.25, 0.3) is 0 Å². The van der Waals surface area contributed by atoms with Crippen LogP contribution in [0.15, 0.2) is 11.8 Å². The fourth-order valence-electron chi connectivity index (χ4n) is 0.616. The molecule has 0 aromatic heterocycles. The van der Waals surface area contributed by atoms with Crippen molar-refractivity contribution in [1.82, 2.24) is 4.90 Å². The van der Waals surface area contributed by atoms with Crippen LogP contribution in [0.5, 0.6) is 0 Å². The molecule has 66 valence electrons. The molecule has 0 aliphatic rings. The molecule has 0 saturated carbocycles. The summed E-state index contributed by atoms with van der Waals surface area (Å²) in [6.07, 6.45) is 2.22. The Morgan fingerprint density at radius 2 is 1.82 bits per heavy atom. The molecule has 0 aliphatic carbocycles. The Hall–Kier alpha value is -0.460. The van der Waals surface area contributed by atoms with E-state index in [1.54, 1.807) is 0 Å². The molecule has 11 heavy (non-hydrogen) atoms. The Labute approximate surface area is 71.1 Å². The topological polar surface area (TPSA) is 3.24 Å². The van der Waals surface area contributed by atoms with E-state index in [0.717, 1.165) is 6.54 Å². The maximum atomic E-state index is 2.24. The van der Waals surface area contributed by atoms with Crippen molar-refractivity contribution < 1.29 is 0 Å². The molecule has 1 heteroatoms. The lowest BCUT2D eigenvalue weighted by atomic mass is 9.88. The highest BCUT2D eigenvalue weighted by Gasteiger charge is 2.12. The highest BCUT2D eigenvalue weighted by atomic mass is 15.1. The van der Waals surface area contributed by atoms with E-state index in [0.29, 0.717) is 5.41 Å². The van der Waals surface area contributed by atoms with Crippen LogP contribution in [0.1, 0.15) is 34.6 Å². The van der Waals surface area contributed by atoms with E-state index in [1.807, 2.05) is 0 Å². The van der Waals surface area contributed by atoms with Crippen LogP contribution < -0.4 is 0 Å². The Bertz CT molecular complexity index is 139. The quantitative estimate of drug-likeness (QED) is 0.592. The summed E-state index contributed by atoms with van der Waals surface area (Å²) in [5.41, 5.74) is 1.74. The number of hydrogen-bond acceptors (Lipinski definition) is 1. The number of nitrogens with zero attached hydrogens (tertiary/aromatic N) is 1. The lowest BCUT2D eigenvalue weighted by Gasteiger charge is -2.22. The van der Waals surface area contributed by atoms with E-state index in [9.17, 15) is 0 Å². The van der Waals surface area contributed by atoms with Crippen molar-refractivity contribution in [1.29, 1.82) is 0 Å². The van der Waals surface area contributed by atoms with E-state index in [-0.39, 0.29) is 0 Å². The predicted molar refractivity (Wildman–Crippen MR) is 51.5 cm³/mol. The summed E-state index contributed by atoms with van der Waals surface area (Å²) in [6, 6.07) is 0. The van der Waals surface area contributed by atoms with Crippen molar-refractivity contribution in [2.24, 2.45) is 5.41 Å². The molecule has 0 amide bonds. The Balaban J connectivity index is 4.22. The molecule has 0 unspecified atom stereocenters. The summed E-state index contributed by atoms with van der Waals surface area (Å²) in [6.45, 7) is 12.1. The van der Waals surface area contributed by atoms with Crippen LogP contribution in [-0.4, -0.2) is 18.5 Å². The number of allylic oxidation sites excluding steroid dienone is 1. The molecule has 0 saturated heterocycles. The van der Waals surface area contributed by atoms with E-state index in [1.165, 1.54) is 5.57 Å². The number of rotatable bonds is 2. The molecule has 0 atom stereocenters. The third kappa shape index (κ3) is 4.07. The van der Waals surface area contributed by atoms with Gasteiger partial charge in [-0.3, -0.25) is 0 Å². The zero-order valence-electron chi connectivity index (χ0n) is 8.73. The lowest BCUT2D eigenvalue weighted by Crippen LogP contribution is -2.14. The molecule has 0 aromatic rings. The summed E-state index contributed by atoms with van der Waals surface area (Å²) < 4.78 is 0. The van der Waals surface area contributed by atoms with Gasteiger partial charge in [0.2, 0.25) is 0 Å². The fraction of sp³-hybridized carbons (Fsp3) is 0.800. The maximum absolute atomic E-state index is 2.24. The van der Waals surface area contributed by atoms with Crippen molar-refractivity contribution in [2.45, 2.75) is 34.6 Å². The summed E-state index contributed by atoms with van der Waals surface area (Å²) in [5, 5.41) is 0. The average Bonchev–Trinajstić information content (AvgIpc) is 1.85. The van der Waals surface area contributed by atoms with E-state index < -0.39 is 0 Å². The number of hydrogen-bond donors (Lipinski definition) is 0. The van der Waals surface area contributed by atoms with Crippen LogP contribution in [0.4, 0.5) is 0 Å². The first-order valence-corrected chi connectivity index (χ1v) is 4.27. The molecular weight excluding hydrogens is 134 g/mol. The third-order valence-corrected chi connectivity index (χ3v) is 2.10. The van der Waals surface area contributed by atoms with Crippen LogP contribution in [0.2, 0.25) is 0 Å². The van der Waals surface area contributed by atoms with Gasteiger partial charge in [0.05, 0.1) is 0 Å². The van der Waals surface area contributed by atoms with Crippen molar-refractivity contribution in [3.63, 3.8) is 0 Å². The van der Waals surface area contributed by atoms with Crippen LogP contribution in [0, 0.1) is 5.41 Å². The van der Waals surface area contributed by atoms with Gasteiger partial charge < -0.3 is 4.90 Å². The van der Waals surface area contributed by atoms with Gasteiger partial charge in [0.15, 0.2) is 0 Å². The molecule has 0 spiro atoms. The highest BCUT2D eigenvalue weighted by molar-refractivity contribution is 5.06. The average molecular weight is 155 g/mol. The van der Waals surface area contributed by atoms with Gasteiger partial charge in [-0.05, 0) is 25.5 Å². The highest BCUT2D eigenvalue weighted by Crippen LogP contribution is 2.24. The second kappa shape index (κ2) is 3.80. The molecule has 0 radical (unpaired) electrons. The van der Waals surface area contributed by atoms with Gasteiger partial charge in [-0.25, -0.2) is 0 Å². The standard InChI is InChI=1S/C10H21N/c1-7-11(6)8-9(2)10(3,4)5/h8H,7H2,1-6H3/b9-8+. The molecule has 0 fully saturated rings. The van der Waals surface area contributed by atoms with Crippen molar-refractivity contribution in [2.75, 3.05) is 13.6 Å². The zero-order valence-corrected chi connectivity index (χ0v) is 8.73. The Morgan fingerprint density at radius 1 is 1.36 bits per heavy atom. The van der Waals surface area contributed by atoms with Gasteiger partial charge in [-0.2, -0.15) is 0 Å². The maximum Gasteiger partial charge on any atom is 0.0140 e. The Morgan fingerprint density at radius 3 is 2.09 bits per heavy atom. The molecule has 0 rings (SSSR count). The van der Waals surface area contributed by atoms with Gasteiger partial charge >= 0.3 is 0 Å². The molecule has 0 aromatic carbocycles. The summed E-state index contributed by atoms with van der Waals surface area (Å²) in [4.78, 5) is 2.21. The summed E-state index contributed by atoms with van der Waals surface area (Å²) in [5.74, 6) is 0. The van der Waals surface area contributed by atoms with E-state index in [4.69, 9.17) is 0 Å². The van der Waals surface area contributed by atoms with Crippen LogP contribution in [0.3, 0.4) is 0 Å².